The summed E-state index contributed by atoms with van der Waals surface area (Å²) in [7, 11) is 1.48. The van der Waals surface area contributed by atoms with Crippen molar-refractivity contribution < 1.29 is 18.3 Å². The summed E-state index contributed by atoms with van der Waals surface area (Å²) in [5, 5.41) is 5.92. The van der Waals surface area contributed by atoms with E-state index in [9.17, 15) is 13.6 Å². The molecule has 3 aromatic rings. The van der Waals surface area contributed by atoms with Crippen molar-refractivity contribution in [2.45, 2.75) is 32.4 Å². The number of aromatic nitrogens is 2. The number of nitrogens with zero attached hydrogens (tertiary/aromatic N) is 2. The summed E-state index contributed by atoms with van der Waals surface area (Å²) in [6.45, 7) is 3.71. The molecule has 1 amide bonds. The molecule has 0 aliphatic carbocycles. The van der Waals surface area contributed by atoms with E-state index in [2.05, 4.69) is 20.6 Å². The Balaban J connectivity index is 1.99. The molecule has 2 heterocycles. The van der Waals surface area contributed by atoms with Gasteiger partial charge in [-0.2, -0.15) is 0 Å². The molecule has 0 aliphatic heterocycles. The first kappa shape index (κ1) is 23.9. The Bertz CT molecular complexity index is 1160. The minimum atomic E-state index is -0.859. The number of halogens is 2. The van der Waals surface area contributed by atoms with Gasteiger partial charge in [-0.1, -0.05) is 6.92 Å². The molecule has 2 aromatic heterocycles. The lowest BCUT2D eigenvalue weighted by Crippen LogP contribution is -2.38. The molecular formula is C23H26F2N6O2. The van der Waals surface area contributed by atoms with E-state index in [-0.39, 0.29) is 34.8 Å². The van der Waals surface area contributed by atoms with Crippen molar-refractivity contribution in [2.75, 3.05) is 17.7 Å². The van der Waals surface area contributed by atoms with E-state index < -0.39 is 17.5 Å². The second-order valence-electron chi connectivity index (χ2n) is 7.50. The van der Waals surface area contributed by atoms with Gasteiger partial charge in [0.2, 0.25) is 0 Å². The third-order valence-corrected chi connectivity index (χ3v) is 5.11. The van der Waals surface area contributed by atoms with Gasteiger partial charge in [0.1, 0.15) is 17.4 Å². The summed E-state index contributed by atoms with van der Waals surface area (Å²) >= 11 is 0. The smallest absolute Gasteiger partial charge is 0.252 e. The number of benzene rings is 1. The third kappa shape index (κ3) is 5.53. The molecule has 0 aliphatic rings. The van der Waals surface area contributed by atoms with Crippen molar-refractivity contribution in [1.29, 1.82) is 0 Å². The van der Waals surface area contributed by atoms with Crippen LogP contribution in [0.5, 0.6) is 5.75 Å². The van der Waals surface area contributed by atoms with Gasteiger partial charge in [0.25, 0.3) is 5.91 Å². The fraction of sp³-hybridized carbons (Fsp3) is 0.261. The van der Waals surface area contributed by atoms with Gasteiger partial charge in [-0.25, -0.2) is 13.8 Å². The van der Waals surface area contributed by atoms with Gasteiger partial charge in [-0.15, -0.1) is 0 Å². The Morgan fingerprint density at radius 2 is 1.91 bits per heavy atom. The molecule has 174 valence electrons. The lowest BCUT2D eigenvalue weighted by molar-refractivity contribution is 0.100. The van der Waals surface area contributed by atoms with Crippen LogP contribution in [0.15, 0.2) is 42.6 Å². The number of primary amides is 1. The predicted molar refractivity (Wildman–Crippen MR) is 124 cm³/mol. The molecular weight excluding hydrogens is 430 g/mol. The number of ether oxygens (including phenoxy) is 1. The van der Waals surface area contributed by atoms with Gasteiger partial charge in [0.05, 0.1) is 18.4 Å². The minimum absolute atomic E-state index is 0.0363. The number of hydrogen-bond acceptors (Lipinski definition) is 7. The summed E-state index contributed by atoms with van der Waals surface area (Å²) in [6.07, 6.45) is 2.10. The summed E-state index contributed by atoms with van der Waals surface area (Å²) in [6, 6.07) is 7.99. The number of hydrogen-bond donors (Lipinski definition) is 4. The Morgan fingerprint density at radius 3 is 2.55 bits per heavy atom. The molecule has 6 N–H and O–H groups in total. The Morgan fingerprint density at radius 1 is 1.15 bits per heavy atom. The standard InChI is InChI=1S/C23H26F2N6O2/c1-4-19(12(2)26)30-23-18(25)11-16(21(27)32)22(31-23)29-13-7-8-28-20(9-13)15-10-14(33-3)5-6-17(15)24/h5-12,19H,4,26H2,1-3H3,(H2,27,32)(H2,28,29,30,31)/t12-,19+/m0/s1. The second-order valence-corrected chi connectivity index (χ2v) is 7.50. The largest absolute Gasteiger partial charge is 0.497 e. The maximum Gasteiger partial charge on any atom is 0.252 e. The van der Waals surface area contributed by atoms with Crippen LogP contribution in [0.2, 0.25) is 0 Å². The zero-order chi connectivity index (χ0) is 24.1. The number of amides is 1. The Labute approximate surface area is 190 Å². The molecule has 0 bridgehead atoms. The second kappa shape index (κ2) is 10.2. The molecule has 0 radical (unpaired) electrons. The summed E-state index contributed by atoms with van der Waals surface area (Å²) in [5.74, 6) is -1.64. The van der Waals surface area contributed by atoms with Crippen LogP contribution in [-0.4, -0.2) is 35.1 Å². The number of carbonyl (C=O) groups excluding carboxylic acids is 1. The van der Waals surface area contributed by atoms with Crippen molar-refractivity contribution in [1.82, 2.24) is 9.97 Å². The zero-order valence-corrected chi connectivity index (χ0v) is 18.5. The molecule has 8 nitrogen and oxygen atoms in total. The van der Waals surface area contributed by atoms with Crippen molar-refractivity contribution in [3.8, 4) is 17.0 Å². The molecule has 0 saturated carbocycles. The molecule has 10 heteroatoms. The SMILES string of the molecule is CC[C@@H](Nc1nc(Nc2ccnc(-c3cc(OC)ccc3F)c2)c(C(N)=O)cc1F)[C@H](C)N. The van der Waals surface area contributed by atoms with Crippen LogP contribution >= 0.6 is 0 Å². The Kier molecular flexibility index (Phi) is 7.39. The van der Waals surface area contributed by atoms with E-state index in [0.29, 0.717) is 23.6 Å². The summed E-state index contributed by atoms with van der Waals surface area (Å²) < 4.78 is 34.2. The summed E-state index contributed by atoms with van der Waals surface area (Å²) in [5.41, 5.74) is 12.2. The van der Waals surface area contributed by atoms with E-state index in [0.717, 1.165) is 6.07 Å². The highest BCUT2D eigenvalue weighted by atomic mass is 19.1. The van der Waals surface area contributed by atoms with Gasteiger partial charge >= 0.3 is 0 Å². The third-order valence-electron chi connectivity index (χ3n) is 5.11. The summed E-state index contributed by atoms with van der Waals surface area (Å²) in [4.78, 5) is 20.4. The molecule has 0 saturated heterocycles. The highest BCUT2D eigenvalue weighted by molar-refractivity contribution is 5.98. The molecule has 3 rings (SSSR count). The van der Waals surface area contributed by atoms with Gasteiger partial charge in [0.15, 0.2) is 11.6 Å². The maximum atomic E-state index is 14.6. The molecule has 0 unspecified atom stereocenters. The molecule has 33 heavy (non-hydrogen) atoms. The van der Waals surface area contributed by atoms with Gasteiger partial charge in [-0.3, -0.25) is 9.78 Å². The monoisotopic (exact) mass is 456 g/mol. The molecule has 0 spiro atoms. The van der Waals surface area contributed by atoms with E-state index in [4.69, 9.17) is 16.2 Å². The number of pyridine rings is 2. The van der Waals surface area contributed by atoms with Crippen LogP contribution in [0.4, 0.5) is 26.1 Å². The van der Waals surface area contributed by atoms with Gasteiger partial charge < -0.3 is 26.8 Å². The maximum absolute atomic E-state index is 14.6. The first-order chi connectivity index (χ1) is 15.7. The normalized spacial score (nSPS) is 12.7. The number of rotatable bonds is 9. The van der Waals surface area contributed by atoms with Crippen LogP contribution in [0.25, 0.3) is 11.3 Å². The average molecular weight is 456 g/mol. The van der Waals surface area contributed by atoms with Crippen molar-refractivity contribution >= 4 is 23.2 Å². The number of nitrogens with two attached hydrogens (primary N) is 2. The number of methoxy groups -OCH3 is 1. The first-order valence-electron chi connectivity index (χ1n) is 10.3. The zero-order valence-electron chi connectivity index (χ0n) is 18.5. The van der Waals surface area contributed by atoms with E-state index in [1.54, 1.807) is 19.1 Å². The number of anilines is 3. The van der Waals surface area contributed by atoms with E-state index >= 15 is 0 Å². The van der Waals surface area contributed by atoms with E-state index in [1.807, 2.05) is 6.92 Å². The minimum Gasteiger partial charge on any atom is -0.497 e. The highest BCUT2D eigenvalue weighted by Gasteiger charge is 2.20. The average Bonchev–Trinajstić information content (AvgIpc) is 2.79. The van der Waals surface area contributed by atoms with Crippen LogP contribution in [0.3, 0.4) is 0 Å². The highest BCUT2D eigenvalue weighted by Crippen LogP contribution is 2.29. The fourth-order valence-corrected chi connectivity index (χ4v) is 3.27. The van der Waals surface area contributed by atoms with Gasteiger partial charge in [0, 0.05) is 29.5 Å². The lowest BCUT2D eigenvalue weighted by Gasteiger charge is -2.22. The van der Waals surface area contributed by atoms with E-state index in [1.165, 1.54) is 31.5 Å². The van der Waals surface area contributed by atoms with Crippen LogP contribution < -0.4 is 26.8 Å². The number of nitrogens with one attached hydrogen (secondary N) is 2. The topological polar surface area (TPSA) is 128 Å². The molecule has 1 aromatic carbocycles. The fourth-order valence-electron chi connectivity index (χ4n) is 3.27. The van der Waals surface area contributed by atoms with Crippen molar-refractivity contribution in [3.63, 3.8) is 0 Å². The first-order valence-corrected chi connectivity index (χ1v) is 10.3. The lowest BCUT2D eigenvalue weighted by atomic mass is 10.1. The predicted octanol–water partition coefficient (Wildman–Crippen LogP) is 3.81. The van der Waals surface area contributed by atoms with Crippen LogP contribution in [0.1, 0.15) is 30.6 Å². The van der Waals surface area contributed by atoms with Crippen LogP contribution in [0, 0.1) is 11.6 Å². The Hall–Kier alpha value is -3.79. The van der Waals surface area contributed by atoms with Crippen molar-refractivity contribution in [3.05, 3.63) is 59.8 Å². The van der Waals surface area contributed by atoms with Crippen molar-refractivity contribution in [2.24, 2.45) is 11.5 Å². The van der Waals surface area contributed by atoms with Gasteiger partial charge in [-0.05, 0) is 49.7 Å². The quantitative estimate of drug-likeness (QED) is 0.385. The number of carbonyl (C=O) groups is 1. The molecule has 0 fully saturated rings. The molecule has 2 atom stereocenters. The van der Waals surface area contributed by atoms with Crippen LogP contribution in [-0.2, 0) is 0 Å².